The molecule has 6 nitrogen and oxygen atoms in total. The molecule has 1 aliphatic heterocycles. The van der Waals surface area contributed by atoms with Crippen LogP contribution in [0.3, 0.4) is 0 Å². The first-order chi connectivity index (χ1) is 10.2. The number of phenols is 1. The fourth-order valence-corrected chi connectivity index (χ4v) is 2.03. The number of carbonyl (C=O) groups excluding carboxylic acids is 1. The highest BCUT2D eigenvalue weighted by Crippen LogP contribution is 2.27. The Labute approximate surface area is 122 Å². The standard InChI is InChI=1S/C15H16N2O4/c1-20-14-9-11(2-3-13(14)18)8-12(10-16)15(19)17-4-6-21-7-5-17/h2-3,8-9,18H,4-7H2,1H3/b12-8+. The zero-order valence-electron chi connectivity index (χ0n) is 11.7. The number of phenolic OH excluding ortho intramolecular Hbond substituents is 1. The van der Waals surface area contributed by atoms with Gasteiger partial charge in [0.25, 0.3) is 5.91 Å². The van der Waals surface area contributed by atoms with Crippen LogP contribution in [0.25, 0.3) is 6.08 Å². The number of aromatic hydroxyl groups is 1. The van der Waals surface area contributed by atoms with E-state index < -0.39 is 0 Å². The first-order valence-corrected chi connectivity index (χ1v) is 6.51. The minimum Gasteiger partial charge on any atom is -0.504 e. The smallest absolute Gasteiger partial charge is 0.264 e. The second-order valence-electron chi connectivity index (χ2n) is 4.51. The van der Waals surface area contributed by atoms with Crippen LogP contribution in [-0.2, 0) is 9.53 Å². The number of methoxy groups -OCH3 is 1. The Morgan fingerprint density at radius 3 is 2.81 bits per heavy atom. The predicted octanol–water partition coefficient (Wildman–Crippen LogP) is 1.17. The Bertz CT molecular complexity index is 598. The average molecular weight is 288 g/mol. The molecule has 1 heterocycles. The summed E-state index contributed by atoms with van der Waals surface area (Å²) in [5.41, 5.74) is 0.660. The van der Waals surface area contributed by atoms with Gasteiger partial charge in [0, 0.05) is 13.1 Å². The molecular formula is C15H16N2O4. The molecule has 0 aromatic heterocycles. The molecule has 110 valence electrons. The van der Waals surface area contributed by atoms with E-state index in [9.17, 15) is 15.2 Å². The molecule has 1 aromatic carbocycles. The van der Waals surface area contributed by atoms with E-state index in [1.54, 1.807) is 17.0 Å². The predicted molar refractivity (Wildman–Crippen MR) is 75.6 cm³/mol. The van der Waals surface area contributed by atoms with Gasteiger partial charge in [-0.3, -0.25) is 4.79 Å². The maximum atomic E-state index is 12.3. The van der Waals surface area contributed by atoms with Crippen LogP contribution in [0.5, 0.6) is 11.5 Å². The number of rotatable bonds is 3. The lowest BCUT2D eigenvalue weighted by molar-refractivity contribution is -0.130. The van der Waals surface area contributed by atoms with E-state index >= 15 is 0 Å². The van der Waals surface area contributed by atoms with Crippen LogP contribution >= 0.6 is 0 Å². The van der Waals surface area contributed by atoms with Gasteiger partial charge in [0.1, 0.15) is 11.6 Å². The number of benzene rings is 1. The molecule has 0 atom stereocenters. The van der Waals surface area contributed by atoms with Gasteiger partial charge in [-0.25, -0.2) is 0 Å². The largest absolute Gasteiger partial charge is 0.504 e. The van der Waals surface area contributed by atoms with Crippen molar-refractivity contribution in [1.29, 1.82) is 5.26 Å². The topological polar surface area (TPSA) is 82.8 Å². The summed E-state index contributed by atoms with van der Waals surface area (Å²) in [4.78, 5) is 13.8. The second kappa shape index (κ2) is 6.77. The average Bonchev–Trinajstić information content (AvgIpc) is 2.54. The van der Waals surface area contributed by atoms with Crippen molar-refractivity contribution in [1.82, 2.24) is 4.90 Å². The van der Waals surface area contributed by atoms with Gasteiger partial charge >= 0.3 is 0 Å². The summed E-state index contributed by atoms with van der Waals surface area (Å²) in [5.74, 6) is -0.0135. The zero-order valence-corrected chi connectivity index (χ0v) is 11.7. The molecule has 21 heavy (non-hydrogen) atoms. The first kappa shape index (κ1) is 14.9. The van der Waals surface area contributed by atoms with Gasteiger partial charge in [0.15, 0.2) is 11.5 Å². The Balaban J connectivity index is 2.24. The highest BCUT2D eigenvalue weighted by Gasteiger charge is 2.20. The summed E-state index contributed by atoms with van der Waals surface area (Å²) in [6, 6.07) is 6.56. The van der Waals surface area contributed by atoms with Crippen molar-refractivity contribution >= 4 is 12.0 Å². The number of hydrogen-bond acceptors (Lipinski definition) is 5. The molecule has 0 bridgehead atoms. The van der Waals surface area contributed by atoms with E-state index in [0.29, 0.717) is 37.6 Å². The molecule has 0 saturated carbocycles. The molecule has 1 fully saturated rings. The summed E-state index contributed by atoms with van der Waals surface area (Å²) in [7, 11) is 1.44. The number of morpholine rings is 1. The molecule has 1 aliphatic rings. The number of hydrogen-bond donors (Lipinski definition) is 1. The molecule has 0 spiro atoms. The van der Waals surface area contributed by atoms with E-state index in [2.05, 4.69) is 0 Å². The molecule has 2 rings (SSSR count). The van der Waals surface area contributed by atoms with E-state index in [1.807, 2.05) is 6.07 Å². The molecule has 1 aromatic rings. The van der Waals surface area contributed by atoms with Crippen LogP contribution in [-0.4, -0.2) is 49.3 Å². The third kappa shape index (κ3) is 3.52. The Morgan fingerprint density at radius 2 is 2.19 bits per heavy atom. The van der Waals surface area contributed by atoms with Crippen LogP contribution in [0.15, 0.2) is 23.8 Å². The fraction of sp³-hybridized carbons (Fsp3) is 0.333. The van der Waals surface area contributed by atoms with Crippen molar-refractivity contribution in [2.24, 2.45) is 0 Å². The zero-order chi connectivity index (χ0) is 15.2. The van der Waals surface area contributed by atoms with Crippen LogP contribution in [0.2, 0.25) is 0 Å². The Hall–Kier alpha value is -2.52. The number of ether oxygens (including phenoxy) is 2. The van der Waals surface area contributed by atoms with Gasteiger partial charge in [-0.1, -0.05) is 6.07 Å². The molecule has 0 unspecified atom stereocenters. The van der Waals surface area contributed by atoms with Crippen molar-refractivity contribution < 1.29 is 19.4 Å². The van der Waals surface area contributed by atoms with Crippen molar-refractivity contribution in [2.45, 2.75) is 0 Å². The first-order valence-electron chi connectivity index (χ1n) is 6.51. The van der Waals surface area contributed by atoms with E-state index in [-0.39, 0.29) is 17.2 Å². The van der Waals surface area contributed by atoms with Gasteiger partial charge in [-0.15, -0.1) is 0 Å². The minimum atomic E-state index is -0.312. The minimum absolute atomic E-state index is 0.00710. The highest BCUT2D eigenvalue weighted by atomic mass is 16.5. The monoisotopic (exact) mass is 288 g/mol. The van der Waals surface area contributed by atoms with Crippen molar-refractivity contribution in [3.63, 3.8) is 0 Å². The maximum Gasteiger partial charge on any atom is 0.264 e. The van der Waals surface area contributed by atoms with Crippen molar-refractivity contribution in [2.75, 3.05) is 33.4 Å². The van der Waals surface area contributed by atoms with E-state index in [0.717, 1.165) is 0 Å². The van der Waals surface area contributed by atoms with Crippen molar-refractivity contribution in [3.8, 4) is 17.6 Å². The second-order valence-corrected chi connectivity index (χ2v) is 4.51. The molecule has 1 N–H and O–H groups in total. The Kier molecular flexibility index (Phi) is 4.80. The molecule has 1 saturated heterocycles. The van der Waals surface area contributed by atoms with E-state index in [4.69, 9.17) is 9.47 Å². The van der Waals surface area contributed by atoms with Gasteiger partial charge in [-0.05, 0) is 23.8 Å². The van der Waals surface area contributed by atoms with Crippen LogP contribution in [0, 0.1) is 11.3 Å². The summed E-state index contributed by atoms with van der Waals surface area (Å²) in [6.07, 6.45) is 1.49. The molecular weight excluding hydrogens is 272 g/mol. The van der Waals surface area contributed by atoms with Crippen molar-refractivity contribution in [3.05, 3.63) is 29.3 Å². The summed E-state index contributed by atoms with van der Waals surface area (Å²) in [5, 5.41) is 18.7. The SMILES string of the molecule is COc1cc(/C=C(\C#N)C(=O)N2CCOCC2)ccc1O. The number of nitrogens with zero attached hydrogens (tertiary/aromatic N) is 2. The van der Waals surface area contributed by atoms with Crippen LogP contribution in [0.1, 0.15) is 5.56 Å². The summed E-state index contributed by atoms with van der Waals surface area (Å²) in [6.45, 7) is 1.93. The molecule has 0 radical (unpaired) electrons. The highest BCUT2D eigenvalue weighted by molar-refractivity contribution is 6.01. The van der Waals surface area contributed by atoms with Gasteiger partial charge in [-0.2, -0.15) is 5.26 Å². The van der Waals surface area contributed by atoms with E-state index in [1.165, 1.54) is 19.3 Å². The molecule has 6 heteroatoms. The lowest BCUT2D eigenvalue weighted by atomic mass is 10.1. The van der Waals surface area contributed by atoms with Crippen LogP contribution in [0.4, 0.5) is 0 Å². The Morgan fingerprint density at radius 1 is 1.48 bits per heavy atom. The number of carbonyl (C=O) groups is 1. The third-order valence-electron chi connectivity index (χ3n) is 3.16. The number of nitriles is 1. The van der Waals surface area contributed by atoms with Crippen LogP contribution < -0.4 is 4.74 Å². The van der Waals surface area contributed by atoms with Gasteiger partial charge in [0.05, 0.1) is 20.3 Å². The lowest BCUT2D eigenvalue weighted by Gasteiger charge is -2.26. The van der Waals surface area contributed by atoms with Gasteiger partial charge < -0.3 is 19.5 Å². The molecule has 0 aliphatic carbocycles. The lowest BCUT2D eigenvalue weighted by Crippen LogP contribution is -2.41. The normalized spacial score (nSPS) is 15.4. The quantitative estimate of drug-likeness (QED) is 0.666. The molecule has 1 amide bonds. The number of amides is 1. The third-order valence-corrected chi connectivity index (χ3v) is 3.16. The van der Waals surface area contributed by atoms with Gasteiger partial charge in [0.2, 0.25) is 0 Å². The summed E-state index contributed by atoms with van der Waals surface area (Å²) < 4.78 is 10.2. The maximum absolute atomic E-state index is 12.3. The fourth-order valence-electron chi connectivity index (χ4n) is 2.03. The summed E-state index contributed by atoms with van der Waals surface area (Å²) >= 11 is 0.